The highest BCUT2D eigenvalue weighted by molar-refractivity contribution is 5.78. The van der Waals surface area contributed by atoms with E-state index in [0.717, 1.165) is 16.6 Å². The average molecular weight is 427 g/mol. The van der Waals surface area contributed by atoms with Gasteiger partial charge in [0.25, 0.3) is 5.56 Å². The molecule has 1 saturated heterocycles. The number of nitrogens with one attached hydrogen (secondary N) is 1. The number of carbonyl (C=O) groups is 1. The first-order valence-electron chi connectivity index (χ1n) is 10.1. The number of aliphatic hydroxyl groups excluding tert-OH is 1. The van der Waals surface area contributed by atoms with Gasteiger partial charge in [0, 0.05) is 45.4 Å². The van der Waals surface area contributed by atoms with Crippen molar-refractivity contribution in [1.29, 1.82) is 0 Å². The molecule has 1 aliphatic rings. The monoisotopic (exact) mass is 427 g/mol. The van der Waals surface area contributed by atoms with E-state index in [0.29, 0.717) is 12.0 Å². The van der Waals surface area contributed by atoms with E-state index in [1.807, 2.05) is 18.2 Å². The molecule has 4 rings (SSSR count). The molecule has 1 amide bonds. The third-order valence-electron chi connectivity index (χ3n) is 6.08. The number of imidazole rings is 1. The van der Waals surface area contributed by atoms with E-state index in [1.54, 1.807) is 35.1 Å². The molecule has 10 heteroatoms. The number of likely N-dealkylation sites (tertiary alicyclic amines) is 1. The van der Waals surface area contributed by atoms with Crippen molar-refractivity contribution in [1.82, 2.24) is 23.6 Å². The Morgan fingerprint density at radius 3 is 2.58 bits per heavy atom. The fourth-order valence-electron chi connectivity index (χ4n) is 4.20. The SMILES string of the molecule is Cc1cn([C@H]2CN(C(=O)CCc3ccc4c(c3)n(C)c(=O)n4C)C[C@@H]2O)c(=O)[nH]c1=O. The third-order valence-corrected chi connectivity index (χ3v) is 6.08. The van der Waals surface area contributed by atoms with Crippen molar-refractivity contribution in [2.75, 3.05) is 13.1 Å². The Morgan fingerprint density at radius 1 is 1.13 bits per heavy atom. The minimum Gasteiger partial charge on any atom is -0.389 e. The zero-order chi connectivity index (χ0) is 22.4. The molecule has 3 aromatic rings. The lowest BCUT2D eigenvalue weighted by atomic mass is 10.1. The van der Waals surface area contributed by atoms with Crippen molar-refractivity contribution in [2.24, 2.45) is 14.1 Å². The molecule has 3 heterocycles. The smallest absolute Gasteiger partial charge is 0.328 e. The first-order chi connectivity index (χ1) is 14.7. The number of hydrogen-bond acceptors (Lipinski definition) is 5. The van der Waals surface area contributed by atoms with Gasteiger partial charge in [-0.2, -0.15) is 0 Å². The predicted molar refractivity (Wildman–Crippen MR) is 114 cm³/mol. The minimum atomic E-state index is -0.901. The normalized spacial score (nSPS) is 18.8. The maximum Gasteiger partial charge on any atom is 0.328 e. The number of amides is 1. The Kier molecular flexibility index (Phi) is 5.18. The van der Waals surface area contributed by atoms with Crippen LogP contribution in [0.3, 0.4) is 0 Å². The van der Waals surface area contributed by atoms with Crippen LogP contribution < -0.4 is 16.9 Å². The van der Waals surface area contributed by atoms with Crippen LogP contribution in [0.15, 0.2) is 38.8 Å². The maximum absolute atomic E-state index is 12.7. The molecule has 1 aliphatic heterocycles. The van der Waals surface area contributed by atoms with Gasteiger partial charge in [-0.15, -0.1) is 0 Å². The maximum atomic E-state index is 12.7. The van der Waals surface area contributed by atoms with E-state index in [1.165, 1.54) is 10.8 Å². The van der Waals surface area contributed by atoms with Crippen LogP contribution in [0.2, 0.25) is 0 Å². The number of carbonyl (C=O) groups excluding carboxylic acids is 1. The van der Waals surface area contributed by atoms with Gasteiger partial charge in [-0.1, -0.05) is 6.07 Å². The minimum absolute atomic E-state index is 0.104. The van der Waals surface area contributed by atoms with Gasteiger partial charge in [0.05, 0.1) is 23.2 Å². The fourth-order valence-corrected chi connectivity index (χ4v) is 4.20. The van der Waals surface area contributed by atoms with Gasteiger partial charge in [0.2, 0.25) is 5.91 Å². The molecule has 31 heavy (non-hydrogen) atoms. The lowest BCUT2D eigenvalue weighted by molar-refractivity contribution is -0.130. The van der Waals surface area contributed by atoms with E-state index < -0.39 is 23.4 Å². The summed E-state index contributed by atoms with van der Waals surface area (Å²) in [6.07, 6.45) is 1.25. The largest absolute Gasteiger partial charge is 0.389 e. The number of rotatable bonds is 4. The molecule has 0 spiro atoms. The summed E-state index contributed by atoms with van der Waals surface area (Å²) in [6, 6.07) is 5.08. The quantitative estimate of drug-likeness (QED) is 0.576. The number of H-pyrrole nitrogens is 1. The predicted octanol–water partition coefficient (Wildman–Crippen LogP) is -0.588. The topological polar surface area (TPSA) is 122 Å². The summed E-state index contributed by atoms with van der Waals surface area (Å²) in [7, 11) is 3.43. The summed E-state index contributed by atoms with van der Waals surface area (Å²) in [5.41, 5.74) is 1.77. The van der Waals surface area contributed by atoms with Crippen molar-refractivity contribution in [3.8, 4) is 0 Å². The van der Waals surface area contributed by atoms with Gasteiger partial charge in [-0.3, -0.25) is 28.3 Å². The third kappa shape index (κ3) is 3.63. The molecule has 10 nitrogen and oxygen atoms in total. The van der Waals surface area contributed by atoms with Gasteiger partial charge in [0.1, 0.15) is 0 Å². The Labute approximate surface area is 177 Å². The summed E-state index contributed by atoms with van der Waals surface area (Å²) >= 11 is 0. The summed E-state index contributed by atoms with van der Waals surface area (Å²) in [4.78, 5) is 52.3. The number of fused-ring (bicyclic) bond motifs is 1. The van der Waals surface area contributed by atoms with Crippen LogP contribution in [0.4, 0.5) is 0 Å². The summed E-state index contributed by atoms with van der Waals surface area (Å²) in [6.45, 7) is 1.90. The highest BCUT2D eigenvalue weighted by Crippen LogP contribution is 2.22. The second-order valence-electron chi connectivity index (χ2n) is 8.14. The number of aromatic amines is 1. The zero-order valence-corrected chi connectivity index (χ0v) is 17.7. The molecule has 1 aromatic carbocycles. The number of nitrogens with zero attached hydrogens (tertiary/aromatic N) is 4. The van der Waals surface area contributed by atoms with Crippen LogP contribution >= 0.6 is 0 Å². The van der Waals surface area contributed by atoms with Crippen molar-refractivity contribution in [3.05, 3.63) is 66.8 Å². The van der Waals surface area contributed by atoms with E-state index in [9.17, 15) is 24.3 Å². The molecular formula is C21H25N5O5. The lowest BCUT2D eigenvalue weighted by Crippen LogP contribution is -2.37. The molecule has 0 unspecified atom stereocenters. The Morgan fingerprint density at radius 2 is 1.84 bits per heavy atom. The van der Waals surface area contributed by atoms with Crippen molar-refractivity contribution < 1.29 is 9.90 Å². The summed E-state index contributed by atoms with van der Waals surface area (Å²) in [5, 5.41) is 10.4. The Hall–Kier alpha value is -3.40. The first-order valence-corrected chi connectivity index (χ1v) is 10.1. The molecule has 2 atom stereocenters. The van der Waals surface area contributed by atoms with Crippen molar-refractivity contribution in [2.45, 2.75) is 31.9 Å². The number of β-amino-alcohol motifs (C(OH)–C–C–N with tert-alkyl or cyclic N) is 1. The molecular weight excluding hydrogens is 402 g/mol. The van der Waals surface area contributed by atoms with E-state index in [2.05, 4.69) is 4.98 Å². The number of aliphatic hydroxyl groups is 1. The molecule has 2 aromatic heterocycles. The first kappa shape index (κ1) is 20.9. The van der Waals surface area contributed by atoms with Crippen LogP contribution in [0.1, 0.15) is 23.6 Å². The molecule has 0 aliphatic carbocycles. The molecule has 2 N–H and O–H groups in total. The zero-order valence-electron chi connectivity index (χ0n) is 17.7. The molecule has 0 radical (unpaired) electrons. The van der Waals surface area contributed by atoms with Crippen LogP contribution in [0.25, 0.3) is 11.0 Å². The highest BCUT2D eigenvalue weighted by atomic mass is 16.3. The Bertz CT molecular complexity index is 1340. The van der Waals surface area contributed by atoms with Gasteiger partial charge < -0.3 is 10.0 Å². The molecule has 0 bridgehead atoms. The summed E-state index contributed by atoms with van der Waals surface area (Å²) < 4.78 is 4.45. The van der Waals surface area contributed by atoms with Crippen LogP contribution in [-0.2, 0) is 25.3 Å². The number of benzene rings is 1. The fraction of sp³-hybridized carbons (Fsp3) is 0.429. The number of hydrogen-bond donors (Lipinski definition) is 2. The van der Waals surface area contributed by atoms with Crippen LogP contribution in [0.5, 0.6) is 0 Å². The van der Waals surface area contributed by atoms with Gasteiger partial charge in [-0.25, -0.2) is 9.59 Å². The average Bonchev–Trinajstić information content (AvgIpc) is 3.22. The molecule has 1 fully saturated rings. The van der Waals surface area contributed by atoms with Gasteiger partial charge in [-0.05, 0) is 31.0 Å². The van der Waals surface area contributed by atoms with E-state index >= 15 is 0 Å². The molecule has 0 saturated carbocycles. The highest BCUT2D eigenvalue weighted by Gasteiger charge is 2.35. The van der Waals surface area contributed by atoms with E-state index in [4.69, 9.17) is 0 Å². The Balaban J connectivity index is 1.46. The van der Waals surface area contributed by atoms with Crippen LogP contribution in [0, 0.1) is 6.92 Å². The van der Waals surface area contributed by atoms with Gasteiger partial charge >= 0.3 is 11.4 Å². The van der Waals surface area contributed by atoms with Crippen LogP contribution in [-0.4, -0.2) is 53.8 Å². The number of aryl methyl sites for hydroxylation is 4. The summed E-state index contributed by atoms with van der Waals surface area (Å²) in [5.74, 6) is -0.127. The molecule has 164 valence electrons. The standard InChI is InChI=1S/C21H25N5O5/c1-12-9-26(20(30)22-19(12)29)16-10-25(11-17(16)27)18(28)7-5-13-4-6-14-15(8-13)24(3)21(31)23(14)2/h4,6,8-9,16-17,27H,5,7,10-11H2,1-3H3,(H,22,29,30)/t16-,17-/m0/s1. The second-order valence-corrected chi connectivity index (χ2v) is 8.14. The van der Waals surface area contributed by atoms with Crippen molar-refractivity contribution >= 4 is 16.9 Å². The van der Waals surface area contributed by atoms with Crippen molar-refractivity contribution in [3.63, 3.8) is 0 Å². The lowest BCUT2D eigenvalue weighted by Gasteiger charge is -2.18. The second kappa shape index (κ2) is 7.69. The van der Waals surface area contributed by atoms with Gasteiger partial charge in [0.15, 0.2) is 0 Å². The van der Waals surface area contributed by atoms with E-state index in [-0.39, 0.29) is 31.1 Å². The number of aromatic nitrogens is 4.